The van der Waals surface area contributed by atoms with Gasteiger partial charge in [-0.1, -0.05) is 13.0 Å². The average molecular weight is 328 g/mol. The summed E-state index contributed by atoms with van der Waals surface area (Å²) in [5.41, 5.74) is 8.19. The number of nitrogens with two attached hydrogens (primary N) is 1. The quantitative estimate of drug-likeness (QED) is 0.847. The number of hydrogen-bond donors (Lipinski definition) is 2. The smallest absolute Gasteiger partial charge is 0.368 e. The van der Waals surface area contributed by atoms with Crippen molar-refractivity contribution in [1.29, 1.82) is 0 Å². The summed E-state index contributed by atoms with van der Waals surface area (Å²) < 4.78 is 39.3. The maximum atomic E-state index is 12.8. The van der Waals surface area contributed by atoms with Gasteiger partial charge in [-0.2, -0.15) is 22.8 Å². The van der Waals surface area contributed by atoms with Crippen molar-refractivity contribution in [2.24, 2.45) is 0 Å². The zero-order valence-electron chi connectivity index (χ0n) is 11.9. The molecule has 1 aromatic heterocycles. The van der Waals surface area contributed by atoms with Gasteiger partial charge in [-0.15, -0.1) is 17.7 Å². The molecule has 0 bridgehead atoms. The Hall–Kier alpha value is -1.70. The van der Waals surface area contributed by atoms with E-state index in [-0.39, 0.29) is 5.95 Å². The topological polar surface area (TPSA) is 56.7 Å². The predicted molar refractivity (Wildman–Crippen MR) is 79.4 cm³/mol. The van der Waals surface area contributed by atoms with Crippen LogP contribution in [0.2, 0.25) is 0 Å². The molecular formula is C14H15F3N4S. The molecule has 3 rings (SSSR count). The number of anilines is 1. The Kier molecular flexibility index (Phi) is 3.58. The first-order valence-electron chi connectivity index (χ1n) is 6.97. The van der Waals surface area contributed by atoms with Crippen LogP contribution in [0.15, 0.2) is 17.0 Å². The van der Waals surface area contributed by atoms with Gasteiger partial charge in [0.25, 0.3) is 5.82 Å². The number of nitrogen functional groups attached to an aromatic ring is 1. The van der Waals surface area contributed by atoms with Gasteiger partial charge in [-0.05, 0) is 42.4 Å². The van der Waals surface area contributed by atoms with E-state index in [9.17, 15) is 13.2 Å². The highest BCUT2D eigenvalue weighted by molar-refractivity contribution is 7.80. The standard InChI is InChI=1S/C14H15F3N4S/c1-2-7-5-9(8-3-4-8)10(6-11(7)22)21-13(18)19-12(20-21)14(15,16)17/h5-6,8,22H,2-4H2,1H3,(H2,18,19,20). The number of aryl methyl sites for hydroxylation is 1. The highest BCUT2D eigenvalue weighted by Crippen LogP contribution is 2.44. The Bertz CT molecular complexity index is 720. The molecule has 0 amide bonds. The third kappa shape index (κ3) is 2.67. The van der Waals surface area contributed by atoms with E-state index >= 15 is 0 Å². The second-order valence-electron chi connectivity index (χ2n) is 5.37. The Morgan fingerprint density at radius 3 is 2.55 bits per heavy atom. The molecule has 1 fully saturated rings. The van der Waals surface area contributed by atoms with Gasteiger partial charge in [-0.25, -0.2) is 0 Å². The van der Waals surface area contributed by atoms with Crippen LogP contribution in [0.5, 0.6) is 0 Å². The molecule has 1 aliphatic rings. The van der Waals surface area contributed by atoms with Crippen LogP contribution in [0, 0.1) is 0 Å². The van der Waals surface area contributed by atoms with E-state index in [1.807, 2.05) is 13.0 Å². The maximum absolute atomic E-state index is 12.8. The van der Waals surface area contributed by atoms with Gasteiger partial charge >= 0.3 is 6.18 Å². The van der Waals surface area contributed by atoms with Gasteiger partial charge in [-0.3, -0.25) is 0 Å². The van der Waals surface area contributed by atoms with Gasteiger partial charge in [0.1, 0.15) is 0 Å². The number of nitrogens with zero attached hydrogens (tertiary/aromatic N) is 3. The van der Waals surface area contributed by atoms with E-state index < -0.39 is 12.0 Å². The van der Waals surface area contributed by atoms with Gasteiger partial charge < -0.3 is 5.73 Å². The summed E-state index contributed by atoms with van der Waals surface area (Å²) in [5.74, 6) is -1.16. The van der Waals surface area contributed by atoms with Crippen LogP contribution in [0.1, 0.15) is 42.6 Å². The number of halogens is 3. The molecule has 22 heavy (non-hydrogen) atoms. The summed E-state index contributed by atoms with van der Waals surface area (Å²) in [7, 11) is 0. The molecule has 2 N–H and O–H groups in total. The number of benzene rings is 1. The van der Waals surface area contributed by atoms with Crippen molar-refractivity contribution in [1.82, 2.24) is 14.8 Å². The molecule has 0 saturated heterocycles. The van der Waals surface area contributed by atoms with Crippen LogP contribution in [0.4, 0.5) is 19.1 Å². The van der Waals surface area contributed by atoms with E-state index in [0.29, 0.717) is 16.5 Å². The lowest BCUT2D eigenvalue weighted by Gasteiger charge is -2.13. The Morgan fingerprint density at radius 1 is 1.36 bits per heavy atom. The first-order valence-corrected chi connectivity index (χ1v) is 7.42. The van der Waals surface area contributed by atoms with Crippen LogP contribution in [-0.4, -0.2) is 14.8 Å². The lowest BCUT2D eigenvalue weighted by atomic mass is 10.0. The third-order valence-electron chi connectivity index (χ3n) is 3.74. The zero-order chi connectivity index (χ0) is 16.1. The summed E-state index contributed by atoms with van der Waals surface area (Å²) in [6, 6.07) is 3.71. The van der Waals surface area contributed by atoms with E-state index in [2.05, 4.69) is 22.7 Å². The third-order valence-corrected chi connectivity index (χ3v) is 4.16. The molecule has 1 aliphatic carbocycles. The fourth-order valence-corrected chi connectivity index (χ4v) is 2.80. The van der Waals surface area contributed by atoms with Gasteiger partial charge in [0, 0.05) is 4.90 Å². The van der Waals surface area contributed by atoms with Crippen molar-refractivity contribution in [2.45, 2.75) is 43.2 Å². The Balaban J connectivity index is 2.15. The largest absolute Gasteiger partial charge is 0.453 e. The summed E-state index contributed by atoms with van der Waals surface area (Å²) in [6.07, 6.45) is -1.78. The minimum absolute atomic E-state index is 0.272. The number of hydrogen-bond acceptors (Lipinski definition) is 4. The minimum Gasteiger partial charge on any atom is -0.368 e. The second-order valence-corrected chi connectivity index (χ2v) is 5.85. The van der Waals surface area contributed by atoms with E-state index in [0.717, 1.165) is 35.1 Å². The highest BCUT2D eigenvalue weighted by atomic mass is 32.1. The number of alkyl halides is 3. The van der Waals surface area contributed by atoms with Crippen molar-refractivity contribution in [3.63, 3.8) is 0 Å². The minimum atomic E-state index is -4.62. The summed E-state index contributed by atoms with van der Waals surface area (Å²) in [5, 5.41) is 3.54. The van der Waals surface area contributed by atoms with Crippen molar-refractivity contribution >= 4 is 18.6 Å². The van der Waals surface area contributed by atoms with Crippen LogP contribution in [-0.2, 0) is 12.6 Å². The Morgan fingerprint density at radius 2 is 2.05 bits per heavy atom. The number of aromatic nitrogens is 3. The first-order chi connectivity index (χ1) is 10.3. The molecule has 2 aromatic rings. The van der Waals surface area contributed by atoms with Gasteiger partial charge in [0.2, 0.25) is 5.95 Å². The monoisotopic (exact) mass is 328 g/mol. The van der Waals surface area contributed by atoms with Crippen LogP contribution in [0.3, 0.4) is 0 Å². The molecular weight excluding hydrogens is 313 g/mol. The molecule has 0 radical (unpaired) electrons. The highest BCUT2D eigenvalue weighted by Gasteiger charge is 2.37. The summed E-state index contributed by atoms with van der Waals surface area (Å²) >= 11 is 4.41. The molecule has 0 aliphatic heterocycles. The maximum Gasteiger partial charge on any atom is 0.453 e. The molecule has 0 atom stereocenters. The van der Waals surface area contributed by atoms with Crippen LogP contribution in [0.25, 0.3) is 5.69 Å². The van der Waals surface area contributed by atoms with E-state index in [1.54, 1.807) is 6.07 Å². The van der Waals surface area contributed by atoms with Crippen molar-refractivity contribution < 1.29 is 13.2 Å². The summed E-state index contributed by atoms with van der Waals surface area (Å²) in [6.45, 7) is 2.01. The fraction of sp³-hybridized carbons (Fsp3) is 0.429. The summed E-state index contributed by atoms with van der Waals surface area (Å²) in [4.78, 5) is 4.04. The predicted octanol–water partition coefficient (Wildman–Crippen LogP) is 3.60. The van der Waals surface area contributed by atoms with E-state index in [1.165, 1.54) is 0 Å². The molecule has 118 valence electrons. The molecule has 1 heterocycles. The molecule has 1 aromatic carbocycles. The van der Waals surface area contributed by atoms with Gasteiger partial charge in [0.15, 0.2) is 0 Å². The Labute approximate surface area is 130 Å². The first kappa shape index (κ1) is 15.2. The molecule has 4 nitrogen and oxygen atoms in total. The lowest BCUT2D eigenvalue weighted by Crippen LogP contribution is -2.09. The number of rotatable bonds is 3. The zero-order valence-corrected chi connectivity index (χ0v) is 12.7. The second kappa shape index (κ2) is 5.19. The normalized spacial score (nSPS) is 15.3. The van der Waals surface area contributed by atoms with Crippen LogP contribution < -0.4 is 5.73 Å². The average Bonchev–Trinajstić information content (AvgIpc) is 3.19. The van der Waals surface area contributed by atoms with Crippen molar-refractivity contribution in [3.8, 4) is 5.69 Å². The lowest BCUT2D eigenvalue weighted by molar-refractivity contribution is -0.144. The van der Waals surface area contributed by atoms with Crippen molar-refractivity contribution in [2.75, 3.05) is 5.73 Å². The fourth-order valence-electron chi connectivity index (χ4n) is 2.45. The SMILES string of the molecule is CCc1cc(C2CC2)c(-n2nc(C(F)(F)F)nc2N)cc1S. The van der Waals surface area contributed by atoms with E-state index in [4.69, 9.17) is 5.73 Å². The van der Waals surface area contributed by atoms with Crippen LogP contribution >= 0.6 is 12.6 Å². The molecule has 0 spiro atoms. The van der Waals surface area contributed by atoms with Crippen molar-refractivity contribution in [3.05, 3.63) is 29.1 Å². The molecule has 1 saturated carbocycles. The molecule has 0 unspecified atom stereocenters. The number of thiol groups is 1. The molecule has 8 heteroatoms. The van der Waals surface area contributed by atoms with Gasteiger partial charge in [0.05, 0.1) is 5.69 Å².